The van der Waals surface area contributed by atoms with E-state index in [9.17, 15) is 9.59 Å². The lowest BCUT2D eigenvalue weighted by molar-refractivity contribution is -0.206. The van der Waals surface area contributed by atoms with Gasteiger partial charge in [-0.3, -0.25) is 9.59 Å². The van der Waals surface area contributed by atoms with Gasteiger partial charge >= 0.3 is 11.9 Å². The first-order valence-corrected chi connectivity index (χ1v) is 4.92. The first-order valence-electron chi connectivity index (χ1n) is 4.92. The van der Waals surface area contributed by atoms with Crippen LogP contribution >= 0.6 is 0 Å². The van der Waals surface area contributed by atoms with Crippen molar-refractivity contribution in [2.24, 2.45) is 5.41 Å². The van der Waals surface area contributed by atoms with Crippen LogP contribution in [-0.2, 0) is 28.5 Å². The van der Waals surface area contributed by atoms with Crippen LogP contribution in [0.1, 0.15) is 12.8 Å². The minimum atomic E-state index is -1.35. The van der Waals surface area contributed by atoms with Gasteiger partial charge in [0.15, 0.2) is 11.7 Å². The third-order valence-corrected chi connectivity index (χ3v) is 2.74. The number of rotatable bonds is 3. The van der Waals surface area contributed by atoms with Crippen LogP contribution < -0.4 is 0 Å². The maximum atomic E-state index is 11.6. The summed E-state index contributed by atoms with van der Waals surface area (Å²) in [7, 11) is 3.97. The van der Waals surface area contributed by atoms with Crippen LogP contribution in [0.15, 0.2) is 0 Å². The predicted octanol–water partition coefficient (Wildman–Crippen LogP) is 0.102. The van der Waals surface area contributed by atoms with E-state index < -0.39 is 17.4 Å². The summed E-state index contributed by atoms with van der Waals surface area (Å²) >= 11 is 0. The van der Waals surface area contributed by atoms with Crippen molar-refractivity contribution in [2.75, 3.05) is 27.9 Å². The summed E-state index contributed by atoms with van der Waals surface area (Å²) in [5.74, 6) is -1.26. The molecule has 0 aromatic rings. The van der Waals surface area contributed by atoms with Crippen molar-refractivity contribution in [3.63, 3.8) is 0 Å². The second-order valence-electron chi connectivity index (χ2n) is 3.58. The number of esters is 2. The fraction of sp³-hybridized carbons (Fsp3) is 0.800. The van der Waals surface area contributed by atoms with Gasteiger partial charge in [-0.2, -0.15) is 0 Å². The molecule has 0 N–H and O–H groups in total. The van der Waals surface area contributed by atoms with E-state index in [4.69, 9.17) is 9.47 Å². The average Bonchev–Trinajstić information content (AvgIpc) is 2.36. The van der Waals surface area contributed by atoms with E-state index in [1.807, 2.05) is 0 Å². The van der Waals surface area contributed by atoms with Crippen LogP contribution in [0.25, 0.3) is 0 Å². The Morgan fingerprint density at radius 3 is 2.06 bits per heavy atom. The molecule has 1 atom stereocenters. The maximum Gasteiger partial charge on any atom is 0.325 e. The van der Waals surface area contributed by atoms with Crippen molar-refractivity contribution in [3.05, 3.63) is 0 Å². The fourth-order valence-corrected chi connectivity index (χ4v) is 1.74. The smallest absolute Gasteiger partial charge is 0.325 e. The Labute approximate surface area is 93.8 Å². The van der Waals surface area contributed by atoms with Crippen molar-refractivity contribution < 1.29 is 28.5 Å². The number of ether oxygens (including phenoxy) is 4. The van der Waals surface area contributed by atoms with E-state index in [1.165, 1.54) is 21.3 Å². The van der Waals surface area contributed by atoms with E-state index in [1.54, 1.807) is 0 Å². The lowest BCUT2D eigenvalue weighted by Crippen LogP contribution is -2.49. The topological polar surface area (TPSA) is 71.1 Å². The largest absolute Gasteiger partial charge is 0.468 e. The Bertz CT molecular complexity index is 248. The van der Waals surface area contributed by atoms with E-state index in [0.29, 0.717) is 12.8 Å². The first kappa shape index (κ1) is 12.9. The van der Waals surface area contributed by atoms with E-state index in [-0.39, 0.29) is 12.9 Å². The van der Waals surface area contributed by atoms with Crippen LogP contribution in [0.3, 0.4) is 0 Å². The molecule has 1 rings (SSSR count). The summed E-state index contributed by atoms with van der Waals surface area (Å²) in [6.07, 6.45) is 0.355. The molecule has 1 heterocycles. The quantitative estimate of drug-likeness (QED) is 0.507. The molecule has 0 amide bonds. The van der Waals surface area contributed by atoms with E-state index >= 15 is 0 Å². The molecule has 0 spiro atoms. The molecule has 0 radical (unpaired) electrons. The Kier molecular flexibility index (Phi) is 4.26. The summed E-state index contributed by atoms with van der Waals surface area (Å²) in [5.41, 5.74) is -1.35. The molecule has 1 aliphatic heterocycles. The molecule has 1 unspecified atom stereocenters. The number of hydrogen-bond donors (Lipinski definition) is 0. The SMILES string of the molecule is COC(=O)C1(C(=O)OC)CCC(OC)OC1. The molecular formula is C10H16O6. The zero-order valence-electron chi connectivity index (χ0n) is 9.65. The number of carbonyl (C=O) groups is 2. The average molecular weight is 232 g/mol. The monoisotopic (exact) mass is 232 g/mol. The zero-order valence-corrected chi connectivity index (χ0v) is 9.65. The molecule has 0 aromatic heterocycles. The van der Waals surface area contributed by atoms with Crippen molar-refractivity contribution in [1.82, 2.24) is 0 Å². The second kappa shape index (κ2) is 5.27. The molecular weight excluding hydrogens is 216 g/mol. The van der Waals surface area contributed by atoms with Crippen molar-refractivity contribution >= 4 is 11.9 Å². The highest BCUT2D eigenvalue weighted by molar-refractivity contribution is 6.00. The second-order valence-corrected chi connectivity index (χ2v) is 3.58. The van der Waals surface area contributed by atoms with Gasteiger partial charge in [0.05, 0.1) is 20.8 Å². The number of hydrogen-bond acceptors (Lipinski definition) is 6. The van der Waals surface area contributed by atoms with Gasteiger partial charge < -0.3 is 18.9 Å². The van der Waals surface area contributed by atoms with Gasteiger partial charge in [0.25, 0.3) is 0 Å². The highest BCUT2D eigenvalue weighted by Crippen LogP contribution is 2.34. The summed E-state index contributed by atoms with van der Waals surface area (Å²) in [6.45, 7) is -0.0785. The van der Waals surface area contributed by atoms with E-state index in [2.05, 4.69) is 9.47 Å². The molecule has 1 saturated heterocycles. The highest BCUT2D eigenvalue weighted by atomic mass is 16.7. The molecule has 16 heavy (non-hydrogen) atoms. The van der Waals surface area contributed by atoms with Gasteiger partial charge in [0.2, 0.25) is 0 Å². The van der Waals surface area contributed by atoms with Crippen molar-refractivity contribution in [1.29, 1.82) is 0 Å². The number of methoxy groups -OCH3 is 3. The lowest BCUT2D eigenvalue weighted by Gasteiger charge is -2.34. The molecule has 1 fully saturated rings. The van der Waals surface area contributed by atoms with Gasteiger partial charge in [0.1, 0.15) is 0 Å². The molecule has 0 aromatic carbocycles. The Balaban J connectivity index is 2.83. The maximum absolute atomic E-state index is 11.6. The van der Waals surface area contributed by atoms with Crippen LogP contribution in [0.5, 0.6) is 0 Å². The standard InChI is InChI=1S/C10H16O6/c1-13-7-4-5-10(6-16-7,8(11)14-2)9(12)15-3/h7H,4-6H2,1-3H3. The minimum absolute atomic E-state index is 0.0785. The molecule has 0 bridgehead atoms. The van der Waals surface area contributed by atoms with Crippen LogP contribution in [-0.4, -0.2) is 46.2 Å². The van der Waals surface area contributed by atoms with Gasteiger partial charge in [-0.15, -0.1) is 0 Å². The van der Waals surface area contributed by atoms with Crippen molar-refractivity contribution in [3.8, 4) is 0 Å². The Morgan fingerprint density at radius 2 is 1.75 bits per heavy atom. The minimum Gasteiger partial charge on any atom is -0.468 e. The van der Waals surface area contributed by atoms with Crippen LogP contribution in [0.2, 0.25) is 0 Å². The van der Waals surface area contributed by atoms with Gasteiger partial charge in [-0.25, -0.2) is 0 Å². The Morgan fingerprint density at radius 1 is 1.19 bits per heavy atom. The molecule has 0 aliphatic carbocycles. The summed E-state index contributed by atoms with van der Waals surface area (Å²) < 4.78 is 19.5. The van der Waals surface area contributed by atoms with Gasteiger partial charge in [-0.05, 0) is 6.42 Å². The predicted molar refractivity (Wildman–Crippen MR) is 52.4 cm³/mol. The van der Waals surface area contributed by atoms with Crippen molar-refractivity contribution in [2.45, 2.75) is 19.1 Å². The summed E-state index contributed by atoms with van der Waals surface area (Å²) in [5, 5.41) is 0. The lowest BCUT2D eigenvalue weighted by atomic mass is 9.82. The molecule has 0 saturated carbocycles. The van der Waals surface area contributed by atoms with E-state index in [0.717, 1.165) is 0 Å². The van der Waals surface area contributed by atoms with Gasteiger partial charge in [-0.1, -0.05) is 0 Å². The Hall–Kier alpha value is -1.14. The van der Waals surface area contributed by atoms with Gasteiger partial charge in [0, 0.05) is 13.5 Å². The molecule has 1 aliphatic rings. The fourth-order valence-electron chi connectivity index (χ4n) is 1.74. The zero-order chi connectivity index (χ0) is 12.2. The number of carbonyl (C=O) groups excluding carboxylic acids is 2. The normalized spacial score (nSPS) is 23.6. The molecule has 6 heteroatoms. The summed E-state index contributed by atoms with van der Waals surface area (Å²) in [6, 6.07) is 0. The molecule has 92 valence electrons. The third-order valence-electron chi connectivity index (χ3n) is 2.74. The summed E-state index contributed by atoms with van der Waals surface area (Å²) in [4.78, 5) is 23.3. The third kappa shape index (κ3) is 2.17. The van der Waals surface area contributed by atoms with Crippen LogP contribution in [0, 0.1) is 5.41 Å². The first-order chi connectivity index (χ1) is 7.60. The highest BCUT2D eigenvalue weighted by Gasteiger charge is 2.51. The van der Waals surface area contributed by atoms with Crippen LogP contribution in [0.4, 0.5) is 0 Å². The molecule has 6 nitrogen and oxygen atoms in total.